The van der Waals surface area contributed by atoms with E-state index in [0.29, 0.717) is 15.4 Å². The van der Waals surface area contributed by atoms with Gasteiger partial charge in [0.25, 0.3) is 5.89 Å². The Morgan fingerprint density at radius 3 is 2.77 bits per heavy atom. The van der Waals surface area contributed by atoms with Crippen LogP contribution in [-0.2, 0) is 0 Å². The predicted octanol–water partition coefficient (Wildman–Crippen LogP) is 1.88. The number of nitrogens with zero attached hydrogens (tertiary/aromatic N) is 3. The Bertz CT molecular complexity index is 414. The topological polar surface area (TPSA) is 51.8 Å². The molecule has 6 heteroatoms. The summed E-state index contributed by atoms with van der Waals surface area (Å²) < 4.78 is 17.8. The molecule has 0 amide bonds. The minimum absolute atomic E-state index is 0.296. The fourth-order valence-electron chi connectivity index (χ4n) is 0.812. The second-order valence-corrected chi connectivity index (χ2v) is 3.20. The van der Waals surface area contributed by atoms with Gasteiger partial charge in [-0.2, -0.15) is 4.98 Å². The zero-order valence-corrected chi connectivity index (χ0v) is 8.40. The number of halogens is 2. The van der Waals surface area contributed by atoms with Gasteiger partial charge in [-0.05, 0) is 12.1 Å². The molecule has 2 rings (SSSR count). The third kappa shape index (κ3) is 1.82. The molecule has 0 bridgehead atoms. The van der Waals surface area contributed by atoms with E-state index in [-0.39, 0.29) is 0 Å². The summed E-state index contributed by atoms with van der Waals surface area (Å²) in [6.45, 7) is 0. The summed E-state index contributed by atoms with van der Waals surface area (Å²) in [5, 5.41) is 3.58. The quantitative estimate of drug-likeness (QED) is 0.753. The average molecular weight is 291 g/mol. The van der Waals surface area contributed by atoms with Crippen LogP contribution in [0, 0.1) is 9.65 Å². The van der Waals surface area contributed by atoms with E-state index in [1.54, 1.807) is 0 Å². The second-order valence-electron chi connectivity index (χ2n) is 2.23. The molecule has 0 unspecified atom stereocenters. The maximum atomic E-state index is 12.5. The molecule has 66 valence electrons. The lowest BCUT2D eigenvalue weighted by Crippen LogP contribution is -1.84. The first-order valence-corrected chi connectivity index (χ1v) is 4.45. The van der Waals surface area contributed by atoms with Gasteiger partial charge < -0.3 is 4.52 Å². The highest BCUT2D eigenvalue weighted by Crippen LogP contribution is 2.14. The van der Waals surface area contributed by atoms with Crippen LogP contribution in [0.4, 0.5) is 4.39 Å². The molecule has 13 heavy (non-hydrogen) atoms. The summed E-state index contributed by atoms with van der Waals surface area (Å²) in [4.78, 5) is 7.72. The van der Waals surface area contributed by atoms with Crippen molar-refractivity contribution in [3.8, 4) is 11.6 Å². The van der Waals surface area contributed by atoms with Gasteiger partial charge in [0, 0.05) is 22.6 Å². The molecule has 0 aliphatic heterocycles. The zero-order valence-electron chi connectivity index (χ0n) is 6.24. The van der Waals surface area contributed by atoms with Crippen molar-refractivity contribution in [1.82, 2.24) is 15.1 Å². The Balaban J connectivity index is 2.41. The Labute approximate surface area is 86.3 Å². The summed E-state index contributed by atoms with van der Waals surface area (Å²) in [5.74, 6) is -0.0950. The molecule has 4 nitrogen and oxygen atoms in total. The van der Waals surface area contributed by atoms with Crippen LogP contribution in [0.2, 0.25) is 0 Å². The molecule has 0 aliphatic carbocycles. The molecular formula is C7H3FIN3O. The molecule has 0 saturated heterocycles. The number of aromatic nitrogens is 3. The largest absolute Gasteiger partial charge is 0.331 e. The molecule has 0 fully saturated rings. The van der Waals surface area contributed by atoms with Crippen LogP contribution in [0.15, 0.2) is 22.9 Å². The van der Waals surface area contributed by atoms with Crippen LogP contribution in [0.1, 0.15) is 0 Å². The Morgan fingerprint density at radius 1 is 1.38 bits per heavy atom. The van der Waals surface area contributed by atoms with E-state index in [9.17, 15) is 4.39 Å². The molecule has 2 aromatic heterocycles. The lowest BCUT2D eigenvalue weighted by Gasteiger charge is -1.90. The van der Waals surface area contributed by atoms with Crippen LogP contribution in [-0.4, -0.2) is 15.1 Å². The molecule has 0 atom stereocenters. The molecule has 2 heterocycles. The molecule has 0 N–H and O–H groups in total. The maximum absolute atomic E-state index is 12.5. The normalized spacial score (nSPS) is 10.3. The summed E-state index contributed by atoms with van der Waals surface area (Å²) in [6, 6.07) is 2.78. The van der Waals surface area contributed by atoms with Crippen LogP contribution < -0.4 is 0 Å². The van der Waals surface area contributed by atoms with E-state index in [2.05, 4.69) is 15.1 Å². The molecular weight excluding hydrogens is 288 g/mol. The second kappa shape index (κ2) is 3.36. The van der Waals surface area contributed by atoms with Gasteiger partial charge >= 0.3 is 0 Å². The van der Waals surface area contributed by atoms with Gasteiger partial charge in [0.2, 0.25) is 3.83 Å². The standard InChI is InChI=1S/C7H3FIN3O/c8-4-1-2-5(10-3-4)6-11-7(9)12-13-6/h1-3H. The Kier molecular flexibility index (Phi) is 2.21. The van der Waals surface area contributed by atoms with Gasteiger partial charge in [-0.1, -0.05) is 5.16 Å². The van der Waals surface area contributed by atoms with Crippen LogP contribution in [0.5, 0.6) is 0 Å². The highest BCUT2D eigenvalue weighted by atomic mass is 127. The maximum Gasteiger partial charge on any atom is 0.277 e. The van der Waals surface area contributed by atoms with Crippen LogP contribution >= 0.6 is 22.6 Å². The molecule has 0 spiro atoms. The molecule has 0 radical (unpaired) electrons. The van der Waals surface area contributed by atoms with Gasteiger partial charge in [-0.15, -0.1) is 0 Å². The lowest BCUT2D eigenvalue weighted by atomic mass is 10.3. The number of hydrogen-bond acceptors (Lipinski definition) is 4. The van der Waals surface area contributed by atoms with Crippen molar-refractivity contribution in [2.75, 3.05) is 0 Å². The van der Waals surface area contributed by atoms with Gasteiger partial charge in [-0.3, -0.25) is 0 Å². The van der Waals surface area contributed by atoms with Crippen molar-refractivity contribution in [2.45, 2.75) is 0 Å². The minimum Gasteiger partial charge on any atom is -0.331 e. The Hall–Kier alpha value is -1.05. The first-order chi connectivity index (χ1) is 6.25. The fraction of sp³-hybridized carbons (Fsp3) is 0. The van der Waals surface area contributed by atoms with Gasteiger partial charge in [0.05, 0.1) is 6.20 Å². The number of rotatable bonds is 1. The molecule has 2 aromatic rings. The van der Waals surface area contributed by atoms with Gasteiger partial charge in [0.15, 0.2) is 0 Å². The highest BCUT2D eigenvalue weighted by molar-refractivity contribution is 14.1. The van der Waals surface area contributed by atoms with E-state index in [1.807, 2.05) is 22.6 Å². The number of hydrogen-bond donors (Lipinski definition) is 0. The third-order valence-corrected chi connectivity index (χ3v) is 1.79. The van der Waals surface area contributed by atoms with Crippen molar-refractivity contribution >= 4 is 22.6 Å². The van der Waals surface area contributed by atoms with Crippen molar-refractivity contribution < 1.29 is 8.91 Å². The van der Waals surface area contributed by atoms with E-state index in [4.69, 9.17) is 4.52 Å². The van der Waals surface area contributed by atoms with Gasteiger partial charge in [0.1, 0.15) is 11.5 Å². The first-order valence-electron chi connectivity index (χ1n) is 3.37. The van der Waals surface area contributed by atoms with Crippen LogP contribution in [0.3, 0.4) is 0 Å². The van der Waals surface area contributed by atoms with Gasteiger partial charge in [-0.25, -0.2) is 9.37 Å². The third-order valence-electron chi connectivity index (χ3n) is 1.35. The van der Waals surface area contributed by atoms with E-state index >= 15 is 0 Å². The monoisotopic (exact) mass is 291 g/mol. The van der Waals surface area contributed by atoms with Crippen molar-refractivity contribution in [1.29, 1.82) is 0 Å². The average Bonchev–Trinajstić information content (AvgIpc) is 2.53. The van der Waals surface area contributed by atoms with Crippen molar-refractivity contribution in [2.24, 2.45) is 0 Å². The fourth-order valence-corrected chi connectivity index (χ4v) is 1.13. The summed E-state index contributed by atoms with van der Waals surface area (Å²) in [7, 11) is 0. The smallest absolute Gasteiger partial charge is 0.277 e. The molecule has 0 saturated carbocycles. The van der Waals surface area contributed by atoms with E-state index in [0.717, 1.165) is 6.20 Å². The summed E-state index contributed by atoms with van der Waals surface area (Å²) >= 11 is 1.92. The van der Waals surface area contributed by atoms with E-state index < -0.39 is 5.82 Å². The number of pyridine rings is 1. The SMILES string of the molecule is Fc1ccc(-c2nc(I)no2)nc1. The van der Waals surface area contributed by atoms with Crippen LogP contribution in [0.25, 0.3) is 11.6 Å². The molecule has 0 aromatic carbocycles. The lowest BCUT2D eigenvalue weighted by molar-refractivity contribution is 0.424. The Morgan fingerprint density at radius 2 is 2.23 bits per heavy atom. The van der Waals surface area contributed by atoms with E-state index in [1.165, 1.54) is 12.1 Å². The zero-order chi connectivity index (χ0) is 9.26. The first kappa shape index (κ1) is 8.54. The minimum atomic E-state index is -0.391. The summed E-state index contributed by atoms with van der Waals surface area (Å²) in [5.41, 5.74) is 0.469. The highest BCUT2D eigenvalue weighted by Gasteiger charge is 2.07. The summed E-state index contributed by atoms with van der Waals surface area (Å²) in [6.07, 6.45) is 1.10. The molecule has 0 aliphatic rings. The van der Waals surface area contributed by atoms with Crippen molar-refractivity contribution in [3.05, 3.63) is 28.0 Å². The predicted molar refractivity (Wildman–Crippen MR) is 50.2 cm³/mol. The van der Waals surface area contributed by atoms with Crippen molar-refractivity contribution in [3.63, 3.8) is 0 Å².